The molecule has 21 heavy (non-hydrogen) atoms. The second-order valence-electron chi connectivity index (χ2n) is 4.27. The van der Waals surface area contributed by atoms with Crippen molar-refractivity contribution in [2.75, 3.05) is 11.9 Å². The zero-order valence-electron chi connectivity index (χ0n) is 11.0. The largest absolute Gasteiger partial charge is 0.477 e. The van der Waals surface area contributed by atoms with E-state index in [1.165, 1.54) is 29.2 Å². The average Bonchev–Trinajstić information content (AvgIpc) is 2.46. The van der Waals surface area contributed by atoms with Gasteiger partial charge in [-0.15, -0.1) is 0 Å². The van der Waals surface area contributed by atoms with Gasteiger partial charge in [-0.05, 0) is 24.3 Å². The van der Waals surface area contributed by atoms with E-state index in [0.29, 0.717) is 5.69 Å². The topological polar surface area (TPSA) is 83.7 Å². The summed E-state index contributed by atoms with van der Waals surface area (Å²) in [6, 6.07) is 9.58. The average molecular weight is 290 g/mol. The van der Waals surface area contributed by atoms with Crippen LogP contribution in [0.25, 0.3) is 0 Å². The third-order valence-electron chi connectivity index (χ3n) is 3.01. The molecule has 0 unspecified atom stereocenters. The van der Waals surface area contributed by atoms with Gasteiger partial charge >= 0.3 is 5.97 Å². The van der Waals surface area contributed by atoms with Crippen LogP contribution in [0.4, 0.5) is 21.5 Å². The van der Waals surface area contributed by atoms with Crippen molar-refractivity contribution < 1.29 is 19.2 Å². The maximum atomic E-state index is 13.7. The number of hydrogen-bond donors (Lipinski definition) is 1. The molecule has 2 aromatic rings. The van der Waals surface area contributed by atoms with Crippen molar-refractivity contribution >= 4 is 23.0 Å². The van der Waals surface area contributed by atoms with E-state index in [1.54, 1.807) is 13.1 Å². The molecule has 0 saturated carbocycles. The Morgan fingerprint density at radius 2 is 1.95 bits per heavy atom. The summed E-state index contributed by atoms with van der Waals surface area (Å²) in [6.45, 7) is 0. The van der Waals surface area contributed by atoms with Gasteiger partial charge in [0.05, 0.1) is 10.6 Å². The van der Waals surface area contributed by atoms with E-state index in [0.717, 1.165) is 12.1 Å². The maximum absolute atomic E-state index is 13.7. The smallest absolute Gasteiger partial charge is 0.342 e. The van der Waals surface area contributed by atoms with Crippen molar-refractivity contribution in [2.24, 2.45) is 0 Å². The Bertz CT molecular complexity index is 718. The van der Waals surface area contributed by atoms with Gasteiger partial charge in [0.15, 0.2) is 0 Å². The quantitative estimate of drug-likeness (QED) is 0.690. The number of hydrogen-bond acceptors (Lipinski definition) is 4. The molecule has 0 aromatic heterocycles. The van der Waals surface area contributed by atoms with Crippen LogP contribution in [-0.2, 0) is 0 Å². The van der Waals surface area contributed by atoms with Gasteiger partial charge < -0.3 is 10.0 Å². The molecular formula is C14H11FN2O4. The summed E-state index contributed by atoms with van der Waals surface area (Å²) in [6.07, 6.45) is 0. The van der Waals surface area contributed by atoms with Crippen LogP contribution in [-0.4, -0.2) is 23.0 Å². The Hall–Kier alpha value is -2.96. The van der Waals surface area contributed by atoms with Crippen molar-refractivity contribution in [1.29, 1.82) is 0 Å². The van der Waals surface area contributed by atoms with E-state index < -0.39 is 28.0 Å². The maximum Gasteiger partial charge on any atom is 0.342 e. The van der Waals surface area contributed by atoms with Crippen LogP contribution < -0.4 is 4.90 Å². The highest BCUT2D eigenvalue weighted by Crippen LogP contribution is 2.30. The molecule has 7 heteroatoms. The molecule has 108 valence electrons. The van der Waals surface area contributed by atoms with Crippen LogP contribution in [0.3, 0.4) is 0 Å². The van der Waals surface area contributed by atoms with Crippen molar-refractivity contribution in [3.05, 3.63) is 64.0 Å². The standard InChI is InChI=1S/C14H11FN2O4/c1-16(13-5-3-2-4-11(13)15)9-6-7-12(17(20)21)10(8-9)14(18)19/h2-8H,1H3,(H,18,19). The summed E-state index contributed by atoms with van der Waals surface area (Å²) < 4.78 is 13.7. The minimum atomic E-state index is -1.41. The third-order valence-corrected chi connectivity index (χ3v) is 3.01. The van der Waals surface area contributed by atoms with Crippen molar-refractivity contribution in [2.45, 2.75) is 0 Å². The molecule has 0 aliphatic heterocycles. The van der Waals surface area contributed by atoms with E-state index in [-0.39, 0.29) is 5.69 Å². The number of benzene rings is 2. The minimum absolute atomic E-state index is 0.239. The van der Waals surface area contributed by atoms with Gasteiger partial charge in [0.25, 0.3) is 5.69 Å². The number of carboxylic acid groups (broad SMARTS) is 1. The second kappa shape index (κ2) is 5.58. The first kappa shape index (κ1) is 14.4. The first-order valence-electron chi connectivity index (χ1n) is 5.92. The Labute approximate surface area is 119 Å². The van der Waals surface area contributed by atoms with Crippen molar-refractivity contribution in [3.8, 4) is 0 Å². The Balaban J connectivity index is 2.50. The minimum Gasteiger partial charge on any atom is -0.477 e. The highest BCUT2D eigenvalue weighted by molar-refractivity contribution is 5.94. The predicted molar refractivity (Wildman–Crippen MR) is 74.5 cm³/mol. The summed E-state index contributed by atoms with van der Waals surface area (Å²) in [4.78, 5) is 22.6. The fourth-order valence-corrected chi connectivity index (χ4v) is 1.93. The van der Waals surface area contributed by atoms with Gasteiger partial charge in [0, 0.05) is 18.8 Å². The van der Waals surface area contributed by atoms with Gasteiger partial charge in [-0.2, -0.15) is 0 Å². The number of carbonyl (C=O) groups is 1. The third kappa shape index (κ3) is 2.81. The second-order valence-corrected chi connectivity index (χ2v) is 4.27. The Morgan fingerprint density at radius 3 is 2.52 bits per heavy atom. The lowest BCUT2D eigenvalue weighted by atomic mass is 10.1. The van der Waals surface area contributed by atoms with E-state index >= 15 is 0 Å². The predicted octanol–water partition coefficient (Wildman–Crippen LogP) is 3.20. The number of para-hydroxylation sites is 1. The number of anilines is 2. The molecule has 0 saturated heterocycles. The van der Waals surface area contributed by atoms with Gasteiger partial charge in [-0.25, -0.2) is 9.18 Å². The fourth-order valence-electron chi connectivity index (χ4n) is 1.93. The van der Waals surface area contributed by atoms with Crippen LogP contribution in [0.5, 0.6) is 0 Å². The monoisotopic (exact) mass is 290 g/mol. The normalized spacial score (nSPS) is 10.2. The number of nitrogens with zero attached hydrogens (tertiary/aromatic N) is 2. The van der Waals surface area contributed by atoms with E-state index in [9.17, 15) is 19.3 Å². The number of rotatable bonds is 4. The highest BCUT2D eigenvalue weighted by atomic mass is 19.1. The van der Waals surface area contributed by atoms with Crippen LogP contribution in [0.1, 0.15) is 10.4 Å². The van der Waals surface area contributed by atoms with Crippen LogP contribution in [0.2, 0.25) is 0 Å². The molecule has 0 aliphatic carbocycles. The summed E-state index contributed by atoms with van der Waals surface area (Å²) in [5.74, 6) is -1.89. The van der Waals surface area contributed by atoms with Gasteiger partial charge in [-0.3, -0.25) is 10.1 Å². The summed E-state index contributed by atoms with van der Waals surface area (Å²) in [7, 11) is 1.55. The van der Waals surface area contributed by atoms with Crippen LogP contribution in [0, 0.1) is 15.9 Å². The Kier molecular flexibility index (Phi) is 3.84. The molecule has 0 radical (unpaired) electrons. The van der Waals surface area contributed by atoms with E-state index in [2.05, 4.69) is 0 Å². The molecule has 0 amide bonds. The number of aromatic carboxylic acids is 1. The number of halogens is 1. The van der Waals surface area contributed by atoms with Crippen LogP contribution >= 0.6 is 0 Å². The highest BCUT2D eigenvalue weighted by Gasteiger charge is 2.21. The number of carboxylic acids is 1. The molecule has 0 fully saturated rings. The van der Waals surface area contributed by atoms with Gasteiger partial charge in [0.1, 0.15) is 11.4 Å². The summed E-state index contributed by atoms with van der Waals surface area (Å²) in [5.41, 5.74) is -0.375. The molecule has 0 bridgehead atoms. The molecular weight excluding hydrogens is 279 g/mol. The number of nitro benzene ring substituents is 1. The molecule has 0 heterocycles. The molecule has 6 nitrogen and oxygen atoms in total. The molecule has 2 aromatic carbocycles. The van der Waals surface area contributed by atoms with Gasteiger partial charge in [0.2, 0.25) is 0 Å². The zero-order chi connectivity index (χ0) is 15.6. The van der Waals surface area contributed by atoms with Crippen molar-refractivity contribution in [3.63, 3.8) is 0 Å². The lowest BCUT2D eigenvalue weighted by molar-refractivity contribution is -0.385. The summed E-state index contributed by atoms with van der Waals surface area (Å²) in [5, 5.41) is 19.8. The first-order chi connectivity index (χ1) is 9.91. The molecule has 0 atom stereocenters. The first-order valence-corrected chi connectivity index (χ1v) is 5.92. The lowest BCUT2D eigenvalue weighted by Gasteiger charge is -2.20. The Morgan fingerprint density at radius 1 is 1.29 bits per heavy atom. The number of nitro groups is 1. The van der Waals surface area contributed by atoms with E-state index in [4.69, 9.17) is 5.11 Å². The van der Waals surface area contributed by atoms with E-state index in [1.807, 2.05) is 0 Å². The zero-order valence-corrected chi connectivity index (χ0v) is 11.0. The van der Waals surface area contributed by atoms with Gasteiger partial charge in [-0.1, -0.05) is 12.1 Å². The van der Waals surface area contributed by atoms with Crippen LogP contribution in [0.15, 0.2) is 42.5 Å². The molecule has 2 rings (SSSR count). The lowest BCUT2D eigenvalue weighted by Crippen LogP contribution is -2.12. The fraction of sp³-hybridized carbons (Fsp3) is 0.0714. The molecule has 0 aliphatic rings. The SMILES string of the molecule is CN(c1ccc([N+](=O)[O-])c(C(=O)O)c1)c1ccccc1F. The molecule has 0 spiro atoms. The molecule has 1 N–H and O–H groups in total. The van der Waals surface area contributed by atoms with Crippen molar-refractivity contribution in [1.82, 2.24) is 0 Å². The summed E-state index contributed by atoms with van der Waals surface area (Å²) >= 11 is 0.